The zero-order valence-corrected chi connectivity index (χ0v) is 12.3. The predicted molar refractivity (Wildman–Crippen MR) is 74.5 cm³/mol. The van der Waals surface area contributed by atoms with Gasteiger partial charge in [0.1, 0.15) is 0 Å². The fraction of sp³-hybridized carbons (Fsp3) is 0.667. The third-order valence-electron chi connectivity index (χ3n) is 2.11. The van der Waals surface area contributed by atoms with Crippen molar-refractivity contribution in [1.29, 1.82) is 0 Å². The summed E-state index contributed by atoms with van der Waals surface area (Å²) < 4.78 is 0. The zero-order valence-electron chi connectivity index (χ0n) is 9.99. The summed E-state index contributed by atoms with van der Waals surface area (Å²) in [5.74, 6) is 0. The summed E-state index contributed by atoms with van der Waals surface area (Å²) >= 11 is 14.1. The van der Waals surface area contributed by atoms with Crippen LogP contribution in [0.1, 0.15) is 53.4 Å². The number of hydrogen-bond donors (Lipinski definition) is 0. The molecule has 0 amide bonds. The minimum Gasteiger partial charge on any atom is -0.0966 e. The van der Waals surface area contributed by atoms with Gasteiger partial charge in [-0.25, -0.2) is 0 Å². The van der Waals surface area contributed by atoms with Crippen molar-refractivity contribution in [1.82, 2.24) is 0 Å². The monoisotopic (exact) mass is 266 g/mol. The molecule has 0 N–H and O–H groups in total. The first kappa shape index (κ1) is 15.4. The maximum Gasteiger partial charge on any atom is 0.0276 e. The maximum atomic E-state index is 6.17. The smallest absolute Gasteiger partial charge is 0.0276 e. The van der Waals surface area contributed by atoms with Gasteiger partial charge >= 0.3 is 0 Å². The number of hydrogen-bond acceptors (Lipinski definition) is 1. The van der Waals surface area contributed by atoms with Crippen LogP contribution >= 0.6 is 35.0 Å². The maximum absolute atomic E-state index is 6.17. The summed E-state index contributed by atoms with van der Waals surface area (Å²) in [6.07, 6.45) is 3.76. The van der Waals surface area contributed by atoms with Crippen molar-refractivity contribution in [2.45, 2.75) is 53.4 Å². The Labute approximate surface area is 108 Å². The average Bonchev–Trinajstić information content (AvgIpc) is 2.28. The van der Waals surface area contributed by atoms with Crippen LogP contribution in [0.25, 0.3) is 0 Å². The van der Waals surface area contributed by atoms with Gasteiger partial charge in [-0.15, -0.1) is 0 Å². The number of rotatable bonds is 6. The van der Waals surface area contributed by atoms with E-state index in [1.807, 2.05) is 0 Å². The largest absolute Gasteiger partial charge is 0.0966 e. The molecule has 0 spiro atoms. The first-order valence-corrected chi connectivity index (χ1v) is 7.10. The highest BCUT2D eigenvalue weighted by Gasteiger charge is 2.08. The first-order chi connectivity index (χ1) is 7.10. The Morgan fingerprint density at radius 2 is 1.07 bits per heavy atom. The highest BCUT2D eigenvalue weighted by molar-refractivity contribution is 8.06. The van der Waals surface area contributed by atoms with E-state index in [2.05, 4.69) is 27.7 Å². The molecule has 0 saturated carbocycles. The van der Waals surface area contributed by atoms with Crippen molar-refractivity contribution in [2.75, 3.05) is 0 Å². The minimum atomic E-state index is 0.901. The van der Waals surface area contributed by atoms with Crippen LogP contribution in [-0.4, -0.2) is 0 Å². The van der Waals surface area contributed by atoms with E-state index < -0.39 is 0 Å². The Morgan fingerprint density at radius 1 is 0.733 bits per heavy atom. The number of halogens is 2. The summed E-state index contributed by atoms with van der Waals surface area (Å²) in [4.78, 5) is 2.50. The summed E-state index contributed by atoms with van der Waals surface area (Å²) in [7, 11) is 0. The van der Waals surface area contributed by atoms with Crippen LogP contribution in [0.15, 0.2) is 19.9 Å². The number of allylic oxidation sites excluding steroid dienone is 4. The molecule has 0 saturated heterocycles. The lowest BCUT2D eigenvalue weighted by molar-refractivity contribution is 1.10. The van der Waals surface area contributed by atoms with E-state index in [9.17, 15) is 0 Å². The van der Waals surface area contributed by atoms with E-state index in [-0.39, 0.29) is 0 Å². The molecule has 0 atom stereocenters. The van der Waals surface area contributed by atoms with E-state index in [1.165, 1.54) is 9.81 Å². The molecule has 0 aromatic heterocycles. The summed E-state index contributed by atoms with van der Waals surface area (Å²) in [5, 5.41) is 1.93. The molecule has 0 aromatic rings. The van der Waals surface area contributed by atoms with Crippen molar-refractivity contribution < 1.29 is 0 Å². The molecular formula is C12H20Cl2S. The molecular weight excluding hydrogens is 247 g/mol. The molecule has 0 heterocycles. The fourth-order valence-electron chi connectivity index (χ4n) is 1.18. The van der Waals surface area contributed by atoms with Crippen molar-refractivity contribution in [3.63, 3.8) is 0 Å². The quantitative estimate of drug-likeness (QED) is 0.547. The first-order valence-electron chi connectivity index (χ1n) is 5.53. The van der Waals surface area contributed by atoms with Gasteiger partial charge in [-0.1, -0.05) is 62.7 Å². The molecule has 0 bridgehead atoms. The lowest BCUT2D eigenvalue weighted by Gasteiger charge is -2.11. The van der Waals surface area contributed by atoms with Gasteiger partial charge in [-0.2, -0.15) is 0 Å². The molecule has 0 aliphatic carbocycles. The van der Waals surface area contributed by atoms with Crippen LogP contribution < -0.4 is 0 Å². The van der Waals surface area contributed by atoms with E-state index in [0.29, 0.717) is 0 Å². The highest BCUT2D eigenvalue weighted by atomic mass is 35.5. The Morgan fingerprint density at radius 3 is 1.27 bits per heavy atom. The van der Waals surface area contributed by atoms with Crippen molar-refractivity contribution in [3.05, 3.63) is 19.9 Å². The highest BCUT2D eigenvalue weighted by Crippen LogP contribution is 2.37. The molecule has 0 aromatic carbocycles. The van der Waals surface area contributed by atoms with Gasteiger partial charge < -0.3 is 0 Å². The SMILES string of the molecule is CC/C(Cl)=C(/CC)S/C(CC)=C(/Cl)CC. The van der Waals surface area contributed by atoms with Gasteiger partial charge in [0.2, 0.25) is 0 Å². The van der Waals surface area contributed by atoms with Gasteiger partial charge in [0.25, 0.3) is 0 Å². The molecule has 0 fully saturated rings. The zero-order chi connectivity index (χ0) is 11.8. The van der Waals surface area contributed by atoms with E-state index in [1.54, 1.807) is 11.8 Å². The Balaban J connectivity index is 4.82. The topological polar surface area (TPSA) is 0 Å². The van der Waals surface area contributed by atoms with Crippen LogP contribution in [-0.2, 0) is 0 Å². The third kappa shape index (κ3) is 5.33. The van der Waals surface area contributed by atoms with Crippen LogP contribution in [0.5, 0.6) is 0 Å². The lowest BCUT2D eigenvalue weighted by atomic mass is 10.3. The van der Waals surface area contributed by atoms with Gasteiger partial charge in [-0.05, 0) is 25.7 Å². The van der Waals surface area contributed by atoms with Crippen LogP contribution in [0, 0.1) is 0 Å². The van der Waals surface area contributed by atoms with Crippen molar-refractivity contribution in [2.24, 2.45) is 0 Å². The molecule has 0 aliphatic heterocycles. The van der Waals surface area contributed by atoms with Crippen LogP contribution in [0.2, 0.25) is 0 Å². The van der Waals surface area contributed by atoms with Gasteiger partial charge in [0.05, 0.1) is 0 Å². The van der Waals surface area contributed by atoms with Gasteiger partial charge in [0, 0.05) is 19.9 Å². The normalized spacial score (nSPS) is 14.8. The second kappa shape index (κ2) is 8.55. The van der Waals surface area contributed by atoms with Gasteiger partial charge in [0.15, 0.2) is 0 Å². The molecule has 0 unspecified atom stereocenters. The van der Waals surface area contributed by atoms with Crippen molar-refractivity contribution >= 4 is 35.0 Å². The Bertz CT molecular complexity index is 228. The molecule has 0 radical (unpaired) electrons. The molecule has 88 valence electrons. The second-order valence-corrected chi connectivity index (χ2v) is 5.27. The Hall–Kier alpha value is 0.410. The molecule has 15 heavy (non-hydrogen) atoms. The lowest BCUT2D eigenvalue weighted by Crippen LogP contribution is -1.85. The molecule has 3 heteroatoms. The third-order valence-corrected chi connectivity index (χ3v) is 4.89. The molecule has 0 aliphatic rings. The summed E-state index contributed by atoms with van der Waals surface area (Å²) in [5.41, 5.74) is 0. The van der Waals surface area contributed by atoms with Gasteiger partial charge in [-0.3, -0.25) is 0 Å². The Kier molecular flexibility index (Phi) is 8.78. The standard InChI is InChI=1S/C12H20Cl2S/c1-5-9(13)11(7-3)15-12(8-4)10(14)6-2/h5-8H2,1-4H3/b11-9+,12-10+. The minimum absolute atomic E-state index is 0.901. The van der Waals surface area contributed by atoms with E-state index in [4.69, 9.17) is 23.2 Å². The van der Waals surface area contributed by atoms with Crippen molar-refractivity contribution in [3.8, 4) is 0 Å². The fourth-order valence-corrected chi connectivity index (χ4v) is 2.78. The van der Waals surface area contributed by atoms with Crippen LogP contribution in [0.4, 0.5) is 0 Å². The van der Waals surface area contributed by atoms with Crippen LogP contribution in [0.3, 0.4) is 0 Å². The van der Waals surface area contributed by atoms with E-state index >= 15 is 0 Å². The molecule has 0 nitrogen and oxygen atoms in total. The van der Waals surface area contributed by atoms with E-state index in [0.717, 1.165) is 35.7 Å². The number of thioether (sulfide) groups is 1. The summed E-state index contributed by atoms with van der Waals surface area (Å²) in [6.45, 7) is 8.42. The predicted octanol–water partition coefficient (Wildman–Crippen LogP) is 6.26. The summed E-state index contributed by atoms with van der Waals surface area (Å²) in [6, 6.07) is 0. The molecule has 0 rings (SSSR count). The average molecular weight is 267 g/mol. The second-order valence-electron chi connectivity index (χ2n) is 3.17.